The fraction of sp³-hybridized carbons (Fsp3) is 0.875. The third-order valence-corrected chi connectivity index (χ3v) is 2.33. The van der Waals surface area contributed by atoms with Gasteiger partial charge in [-0.1, -0.05) is 26.2 Å². The van der Waals surface area contributed by atoms with E-state index in [9.17, 15) is 4.79 Å². The van der Waals surface area contributed by atoms with Crippen LogP contribution in [0.4, 0.5) is 0 Å². The highest BCUT2D eigenvalue weighted by molar-refractivity contribution is 5.69. The van der Waals surface area contributed by atoms with Gasteiger partial charge in [-0.2, -0.15) is 0 Å². The number of rotatable bonds is 3. The Morgan fingerprint density at radius 3 is 2.60 bits per heavy atom. The number of hydrogen-bond donors (Lipinski definition) is 1. The van der Waals surface area contributed by atoms with Gasteiger partial charge in [-0.15, -0.1) is 0 Å². The molecule has 1 aliphatic rings. The molecule has 0 aromatic rings. The van der Waals surface area contributed by atoms with Crippen LogP contribution in [0.5, 0.6) is 0 Å². The lowest BCUT2D eigenvalue weighted by Gasteiger charge is -2.26. The van der Waals surface area contributed by atoms with Crippen molar-refractivity contribution in [3.8, 4) is 0 Å². The van der Waals surface area contributed by atoms with Crippen molar-refractivity contribution < 1.29 is 9.90 Å². The van der Waals surface area contributed by atoms with Gasteiger partial charge >= 0.3 is 5.97 Å². The lowest BCUT2D eigenvalue weighted by Crippen LogP contribution is -2.19. The molecule has 0 aromatic carbocycles. The minimum atomic E-state index is -0.646. The third-order valence-electron chi connectivity index (χ3n) is 2.33. The molecule has 0 amide bonds. The van der Waals surface area contributed by atoms with Crippen molar-refractivity contribution in [2.24, 2.45) is 11.8 Å². The smallest absolute Gasteiger partial charge is 0.306 e. The third kappa shape index (κ3) is 1.72. The van der Waals surface area contributed by atoms with E-state index in [-0.39, 0.29) is 5.92 Å². The first-order valence-corrected chi connectivity index (χ1v) is 3.93. The molecule has 0 heterocycles. The molecule has 1 atom stereocenters. The molecule has 1 N–H and O–H groups in total. The maximum atomic E-state index is 10.4. The quantitative estimate of drug-likeness (QED) is 0.653. The zero-order valence-corrected chi connectivity index (χ0v) is 6.34. The van der Waals surface area contributed by atoms with Crippen molar-refractivity contribution in [1.82, 2.24) is 0 Å². The first kappa shape index (κ1) is 7.58. The van der Waals surface area contributed by atoms with Gasteiger partial charge in [0.15, 0.2) is 0 Å². The van der Waals surface area contributed by atoms with Crippen LogP contribution in [0.3, 0.4) is 0 Å². The molecule has 0 aliphatic heterocycles. The van der Waals surface area contributed by atoms with E-state index in [4.69, 9.17) is 5.11 Å². The summed E-state index contributed by atoms with van der Waals surface area (Å²) in [5.74, 6) is -0.0664. The molecule has 10 heavy (non-hydrogen) atoms. The highest BCUT2D eigenvalue weighted by atomic mass is 16.4. The van der Waals surface area contributed by atoms with Crippen molar-refractivity contribution in [2.75, 3.05) is 0 Å². The van der Waals surface area contributed by atoms with Gasteiger partial charge in [0, 0.05) is 0 Å². The van der Waals surface area contributed by atoms with Crippen molar-refractivity contribution in [2.45, 2.75) is 32.6 Å². The van der Waals surface area contributed by atoms with Crippen LogP contribution in [0.25, 0.3) is 0 Å². The van der Waals surface area contributed by atoms with E-state index >= 15 is 0 Å². The van der Waals surface area contributed by atoms with Crippen LogP contribution in [0.15, 0.2) is 0 Å². The number of carboxylic acids is 1. The lowest BCUT2D eigenvalue weighted by molar-refractivity contribution is -0.141. The van der Waals surface area contributed by atoms with E-state index in [1.165, 1.54) is 19.3 Å². The van der Waals surface area contributed by atoms with E-state index < -0.39 is 5.97 Å². The first-order chi connectivity index (χ1) is 4.70. The molecule has 0 spiro atoms. The molecule has 1 rings (SSSR count). The lowest BCUT2D eigenvalue weighted by atomic mass is 9.79. The molecular weight excluding hydrogens is 128 g/mol. The SMILES string of the molecule is C[C@@H](CC1CCC1)C(=O)O. The molecule has 1 fully saturated rings. The molecule has 1 saturated carbocycles. The average molecular weight is 142 g/mol. The summed E-state index contributed by atoms with van der Waals surface area (Å²) in [4.78, 5) is 10.4. The average Bonchev–Trinajstić information content (AvgIpc) is 1.77. The van der Waals surface area contributed by atoms with E-state index in [0.717, 1.165) is 6.42 Å². The predicted octanol–water partition coefficient (Wildman–Crippen LogP) is 1.90. The maximum Gasteiger partial charge on any atom is 0.306 e. The highest BCUT2D eigenvalue weighted by Crippen LogP contribution is 2.31. The molecule has 1 aliphatic carbocycles. The number of carboxylic acid groups (broad SMARTS) is 1. The number of hydrogen-bond acceptors (Lipinski definition) is 1. The molecule has 0 bridgehead atoms. The van der Waals surface area contributed by atoms with Gasteiger partial charge < -0.3 is 5.11 Å². The van der Waals surface area contributed by atoms with Gasteiger partial charge in [-0.25, -0.2) is 0 Å². The maximum absolute atomic E-state index is 10.4. The Kier molecular flexibility index (Phi) is 2.30. The van der Waals surface area contributed by atoms with E-state index in [2.05, 4.69) is 0 Å². The Balaban J connectivity index is 2.16. The summed E-state index contributed by atoms with van der Waals surface area (Å²) in [5, 5.41) is 8.55. The van der Waals surface area contributed by atoms with Gasteiger partial charge in [0.25, 0.3) is 0 Å². The zero-order valence-electron chi connectivity index (χ0n) is 6.34. The Hall–Kier alpha value is -0.530. The van der Waals surface area contributed by atoms with Crippen molar-refractivity contribution in [1.29, 1.82) is 0 Å². The summed E-state index contributed by atoms with van der Waals surface area (Å²) in [6, 6.07) is 0. The summed E-state index contributed by atoms with van der Waals surface area (Å²) >= 11 is 0. The minimum Gasteiger partial charge on any atom is -0.481 e. The van der Waals surface area contributed by atoms with Gasteiger partial charge in [-0.3, -0.25) is 4.79 Å². The van der Waals surface area contributed by atoms with Crippen LogP contribution in [0.2, 0.25) is 0 Å². The molecule has 2 nitrogen and oxygen atoms in total. The predicted molar refractivity (Wildman–Crippen MR) is 38.8 cm³/mol. The Bertz CT molecular complexity index is 127. The minimum absolute atomic E-state index is 0.134. The van der Waals surface area contributed by atoms with E-state index in [1.807, 2.05) is 0 Å². The van der Waals surface area contributed by atoms with Crippen LogP contribution < -0.4 is 0 Å². The summed E-state index contributed by atoms with van der Waals surface area (Å²) in [6.45, 7) is 1.79. The zero-order chi connectivity index (χ0) is 7.56. The Morgan fingerprint density at radius 1 is 1.70 bits per heavy atom. The van der Waals surface area contributed by atoms with Crippen LogP contribution in [0.1, 0.15) is 32.6 Å². The van der Waals surface area contributed by atoms with Gasteiger partial charge in [0.2, 0.25) is 0 Å². The first-order valence-electron chi connectivity index (χ1n) is 3.93. The molecule has 0 unspecified atom stereocenters. The molecular formula is C8H14O2. The van der Waals surface area contributed by atoms with Crippen molar-refractivity contribution >= 4 is 5.97 Å². The van der Waals surface area contributed by atoms with Crippen molar-refractivity contribution in [3.63, 3.8) is 0 Å². The number of carbonyl (C=O) groups is 1. The second-order valence-electron chi connectivity index (χ2n) is 3.27. The summed E-state index contributed by atoms with van der Waals surface area (Å²) in [6.07, 6.45) is 4.68. The van der Waals surface area contributed by atoms with E-state index in [1.54, 1.807) is 6.92 Å². The fourth-order valence-electron chi connectivity index (χ4n) is 1.33. The van der Waals surface area contributed by atoms with Crippen LogP contribution in [0, 0.1) is 11.8 Å². The van der Waals surface area contributed by atoms with Gasteiger partial charge in [0.1, 0.15) is 0 Å². The normalized spacial score (nSPS) is 21.7. The topological polar surface area (TPSA) is 37.3 Å². The standard InChI is InChI=1S/C8H14O2/c1-6(8(9)10)5-7-3-2-4-7/h6-7H,2-5H2,1H3,(H,9,10)/t6-/m0/s1. The Morgan fingerprint density at radius 2 is 2.30 bits per heavy atom. The molecule has 58 valence electrons. The largest absolute Gasteiger partial charge is 0.481 e. The highest BCUT2D eigenvalue weighted by Gasteiger charge is 2.22. The van der Waals surface area contributed by atoms with Crippen LogP contribution in [-0.2, 0) is 4.79 Å². The molecule has 0 aromatic heterocycles. The summed E-state index contributed by atoms with van der Waals surface area (Å²) < 4.78 is 0. The molecule has 0 saturated heterocycles. The molecule has 2 heteroatoms. The summed E-state index contributed by atoms with van der Waals surface area (Å²) in [5.41, 5.74) is 0. The second kappa shape index (κ2) is 3.04. The van der Waals surface area contributed by atoms with Crippen LogP contribution in [-0.4, -0.2) is 11.1 Å². The second-order valence-corrected chi connectivity index (χ2v) is 3.27. The fourth-order valence-corrected chi connectivity index (χ4v) is 1.33. The van der Waals surface area contributed by atoms with Gasteiger partial charge in [-0.05, 0) is 12.3 Å². The number of aliphatic carboxylic acids is 1. The Labute approximate surface area is 61.2 Å². The molecule has 0 radical (unpaired) electrons. The summed E-state index contributed by atoms with van der Waals surface area (Å²) in [7, 11) is 0. The monoisotopic (exact) mass is 142 g/mol. The van der Waals surface area contributed by atoms with Gasteiger partial charge in [0.05, 0.1) is 5.92 Å². The van der Waals surface area contributed by atoms with Crippen LogP contribution >= 0.6 is 0 Å². The van der Waals surface area contributed by atoms with Crippen molar-refractivity contribution in [3.05, 3.63) is 0 Å². The van der Waals surface area contributed by atoms with E-state index in [0.29, 0.717) is 5.92 Å².